The summed E-state index contributed by atoms with van der Waals surface area (Å²) in [5.41, 5.74) is 2.12. The van der Waals surface area contributed by atoms with Gasteiger partial charge in [-0.3, -0.25) is 4.90 Å². The molecule has 0 saturated carbocycles. The number of nitrogens with one attached hydrogen (secondary N) is 1. The third-order valence-electron chi connectivity index (χ3n) is 5.13. The maximum atomic E-state index is 6.26. The smallest absolute Gasteiger partial charge is 0.173 e. The van der Waals surface area contributed by atoms with Gasteiger partial charge in [0, 0.05) is 32.7 Å². The Labute approximate surface area is 180 Å². The Morgan fingerprint density at radius 2 is 1.61 bits per heavy atom. The zero-order valence-electron chi connectivity index (χ0n) is 15.4. The van der Waals surface area contributed by atoms with Crippen LogP contribution in [-0.2, 0) is 6.54 Å². The number of hydrogen-bond donors (Lipinski definition) is 1. The second kappa shape index (κ2) is 8.66. The van der Waals surface area contributed by atoms with Gasteiger partial charge in [-0.1, -0.05) is 71.7 Å². The lowest BCUT2D eigenvalue weighted by atomic mass is 10.0. The van der Waals surface area contributed by atoms with Gasteiger partial charge >= 0.3 is 0 Å². The zero-order valence-corrected chi connectivity index (χ0v) is 17.7. The molecule has 28 heavy (non-hydrogen) atoms. The summed E-state index contributed by atoms with van der Waals surface area (Å²) >= 11 is 17.9. The van der Waals surface area contributed by atoms with Crippen LogP contribution in [0, 0.1) is 0 Å². The van der Waals surface area contributed by atoms with Crippen molar-refractivity contribution in [1.82, 2.24) is 9.80 Å². The lowest BCUT2D eigenvalue weighted by Gasteiger charge is -2.36. The van der Waals surface area contributed by atoms with Crippen molar-refractivity contribution in [3.63, 3.8) is 0 Å². The molecule has 0 aromatic heterocycles. The molecule has 0 amide bonds. The summed E-state index contributed by atoms with van der Waals surface area (Å²) in [6, 6.07) is 20.6. The molecule has 1 saturated heterocycles. The Bertz CT molecular complexity index is 995. The largest absolute Gasteiger partial charge is 0.346 e. The number of rotatable bonds is 3. The third kappa shape index (κ3) is 4.26. The molecule has 3 aromatic rings. The number of piperazine rings is 1. The lowest BCUT2D eigenvalue weighted by Crippen LogP contribution is -2.49. The topological polar surface area (TPSA) is 18.5 Å². The first-order chi connectivity index (χ1) is 13.6. The van der Waals surface area contributed by atoms with E-state index in [-0.39, 0.29) is 0 Å². The van der Waals surface area contributed by atoms with Gasteiger partial charge in [-0.2, -0.15) is 0 Å². The minimum absolute atomic E-state index is 0.501. The highest BCUT2D eigenvalue weighted by Crippen LogP contribution is 2.29. The number of benzene rings is 3. The average molecular weight is 430 g/mol. The predicted octanol–water partition coefficient (Wildman–Crippen LogP) is 5.66. The highest BCUT2D eigenvalue weighted by Gasteiger charge is 2.20. The van der Waals surface area contributed by atoms with Gasteiger partial charge in [0.05, 0.1) is 15.7 Å². The number of nitrogens with zero attached hydrogens (tertiary/aromatic N) is 2. The van der Waals surface area contributed by atoms with E-state index < -0.39 is 0 Å². The summed E-state index contributed by atoms with van der Waals surface area (Å²) < 4.78 is 0. The molecule has 1 heterocycles. The molecule has 3 aromatic carbocycles. The fraction of sp³-hybridized carbons (Fsp3) is 0.227. The van der Waals surface area contributed by atoms with E-state index in [4.69, 9.17) is 35.4 Å². The fourth-order valence-electron chi connectivity index (χ4n) is 3.57. The molecule has 1 aliphatic rings. The highest BCUT2D eigenvalue weighted by molar-refractivity contribution is 7.80. The van der Waals surface area contributed by atoms with Crippen LogP contribution in [0.1, 0.15) is 5.56 Å². The van der Waals surface area contributed by atoms with Crippen molar-refractivity contribution in [3.8, 4) is 0 Å². The van der Waals surface area contributed by atoms with E-state index in [0.717, 1.165) is 38.4 Å². The van der Waals surface area contributed by atoms with Crippen LogP contribution in [-0.4, -0.2) is 41.1 Å². The quantitative estimate of drug-likeness (QED) is 0.540. The van der Waals surface area contributed by atoms with Crippen molar-refractivity contribution in [2.75, 3.05) is 31.5 Å². The molecule has 0 bridgehead atoms. The molecule has 0 spiro atoms. The number of thiocarbonyl (C=S) groups is 1. The van der Waals surface area contributed by atoms with Gasteiger partial charge < -0.3 is 10.2 Å². The maximum Gasteiger partial charge on any atom is 0.173 e. The number of fused-ring (bicyclic) bond motifs is 1. The van der Waals surface area contributed by atoms with Crippen molar-refractivity contribution in [2.45, 2.75) is 6.54 Å². The standard InChI is InChI=1S/C22H21Cl2N3S/c23-19-9-4-10-20(21(19)24)25-22(28)27-13-11-26(12-14-27)15-17-7-3-6-16-5-1-2-8-18(16)17/h1-10H,11-15H2,(H,25,28). The van der Waals surface area contributed by atoms with E-state index in [1.807, 2.05) is 12.1 Å². The zero-order chi connectivity index (χ0) is 19.5. The molecular weight excluding hydrogens is 409 g/mol. The molecule has 3 nitrogen and oxygen atoms in total. The lowest BCUT2D eigenvalue weighted by molar-refractivity contribution is 0.177. The van der Waals surface area contributed by atoms with Gasteiger partial charge in [0.2, 0.25) is 0 Å². The summed E-state index contributed by atoms with van der Waals surface area (Å²) in [6.45, 7) is 4.65. The third-order valence-corrected chi connectivity index (χ3v) is 6.31. The van der Waals surface area contributed by atoms with Crippen LogP contribution < -0.4 is 5.32 Å². The monoisotopic (exact) mass is 429 g/mol. The van der Waals surface area contributed by atoms with E-state index in [0.29, 0.717) is 15.2 Å². The number of hydrogen-bond acceptors (Lipinski definition) is 2. The molecule has 0 radical (unpaired) electrons. The minimum Gasteiger partial charge on any atom is -0.346 e. The van der Waals surface area contributed by atoms with Crippen molar-refractivity contribution < 1.29 is 0 Å². The molecule has 1 aliphatic heterocycles. The SMILES string of the molecule is S=C(Nc1cccc(Cl)c1Cl)N1CCN(Cc2cccc3ccccc23)CC1. The Kier molecular flexibility index (Phi) is 6.02. The number of halogens is 2. The van der Waals surface area contributed by atoms with E-state index in [1.165, 1.54) is 16.3 Å². The maximum absolute atomic E-state index is 6.26. The summed E-state index contributed by atoms with van der Waals surface area (Å²) in [7, 11) is 0. The molecular formula is C22H21Cl2N3S. The first kappa shape index (κ1) is 19.5. The van der Waals surface area contributed by atoms with Crippen LogP contribution >= 0.6 is 35.4 Å². The van der Waals surface area contributed by atoms with E-state index >= 15 is 0 Å². The highest BCUT2D eigenvalue weighted by atomic mass is 35.5. The van der Waals surface area contributed by atoms with E-state index in [9.17, 15) is 0 Å². The second-order valence-corrected chi connectivity index (χ2v) is 8.10. The van der Waals surface area contributed by atoms with Crippen molar-refractivity contribution in [3.05, 3.63) is 76.3 Å². The summed E-state index contributed by atoms with van der Waals surface area (Å²) in [4.78, 5) is 4.67. The first-order valence-electron chi connectivity index (χ1n) is 9.31. The van der Waals surface area contributed by atoms with Gasteiger partial charge in [-0.25, -0.2) is 0 Å². The molecule has 4 rings (SSSR count). The predicted molar refractivity (Wildman–Crippen MR) is 123 cm³/mol. The van der Waals surface area contributed by atoms with Crippen molar-refractivity contribution >= 4 is 57.0 Å². The van der Waals surface area contributed by atoms with Crippen LogP contribution in [0.15, 0.2) is 60.7 Å². The molecule has 144 valence electrons. The van der Waals surface area contributed by atoms with Gasteiger partial charge in [-0.05, 0) is 40.7 Å². The van der Waals surface area contributed by atoms with Crippen LogP contribution in [0.3, 0.4) is 0 Å². The van der Waals surface area contributed by atoms with E-state index in [2.05, 4.69) is 57.6 Å². The normalized spacial score (nSPS) is 15.0. The Balaban J connectivity index is 1.36. The molecule has 1 fully saturated rings. The Morgan fingerprint density at radius 1 is 0.893 bits per heavy atom. The second-order valence-electron chi connectivity index (χ2n) is 6.93. The summed E-state index contributed by atoms with van der Waals surface area (Å²) in [5.74, 6) is 0. The minimum atomic E-state index is 0.501. The number of anilines is 1. The van der Waals surface area contributed by atoms with Crippen molar-refractivity contribution in [1.29, 1.82) is 0 Å². The summed E-state index contributed by atoms with van der Waals surface area (Å²) in [6.07, 6.45) is 0. The van der Waals surface area contributed by atoms with Crippen LogP contribution in [0.25, 0.3) is 10.8 Å². The average Bonchev–Trinajstić information content (AvgIpc) is 2.72. The van der Waals surface area contributed by atoms with Crippen LogP contribution in [0.2, 0.25) is 10.0 Å². The van der Waals surface area contributed by atoms with Gasteiger partial charge in [0.15, 0.2) is 5.11 Å². The molecule has 0 atom stereocenters. The fourth-order valence-corrected chi connectivity index (χ4v) is 4.22. The molecule has 6 heteroatoms. The first-order valence-corrected chi connectivity index (χ1v) is 10.5. The Morgan fingerprint density at radius 3 is 2.43 bits per heavy atom. The van der Waals surface area contributed by atoms with E-state index in [1.54, 1.807) is 6.07 Å². The van der Waals surface area contributed by atoms with Gasteiger partial charge in [0.1, 0.15) is 0 Å². The van der Waals surface area contributed by atoms with Gasteiger partial charge in [-0.15, -0.1) is 0 Å². The molecule has 0 unspecified atom stereocenters. The van der Waals surface area contributed by atoms with Crippen LogP contribution in [0.5, 0.6) is 0 Å². The van der Waals surface area contributed by atoms with Gasteiger partial charge in [0.25, 0.3) is 0 Å². The van der Waals surface area contributed by atoms with Crippen molar-refractivity contribution in [2.24, 2.45) is 0 Å². The molecule has 1 N–H and O–H groups in total. The summed E-state index contributed by atoms with van der Waals surface area (Å²) in [5, 5.41) is 7.57. The van der Waals surface area contributed by atoms with Crippen LogP contribution in [0.4, 0.5) is 5.69 Å². The molecule has 0 aliphatic carbocycles. The Hall–Kier alpha value is -1.85.